The van der Waals surface area contributed by atoms with E-state index in [4.69, 9.17) is 4.74 Å². The van der Waals surface area contributed by atoms with Gasteiger partial charge in [0.25, 0.3) is 0 Å². The number of ether oxygens (including phenoxy) is 1. The van der Waals surface area contributed by atoms with Crippen LogP contribution in [-0.2, 0) is 4.74 Å². The fourth-order valence-electron chi connectivity index (χ4n) is 3.39. The third-order valence-corrected chi connectivity index (χ3v) is 5.87. The smallest absolute Gasteiger partial charge is 0.407 e. The Hall–Kier alpha value is -1.16. The molecule has 2 atom stereocenters. The number of amides is 1. The summed E-state index contributed by atoms with van der Waals surface area (Å²) in [5, 5.41) is 2.90. The Kier molecular flexibility index (Phi) is 3.92. The summed E-state index contributed by atoms with van der Waals surface area (Å²) in [6, 6.07) is 10.6. The number of cyclic esters (lactones) is 1. The van der Waals surface area contributed by atoms with Crippen LogP contribution in [-0.4, -0.2) is 23.0 Å². The first-order valence-corrected chi connectivity index (χ1v) is 8.22. The normalized spacial score (nSPS) is 28.8. The zero-order valence-electron chi connectivity index (χ0n) is 11.8. The van der Waals surface area contributed by atoms with E-state index < -0.39 is 0 Å². The quantitative estimate of drug-likeness (QED) is 0.915. The molecule has 0 spiro atoms. The molecule has 2 fully saturated rings. The molecule has 1 saturated carbocycles. The van der Waals surface area contributed by atoms with Crippen LogP contribution < -0.4 is 5.32 Å². The number of carbonyl (C=O) groups is 1. The highest BCUT2D eigenvalue weighted by Crippen LogP contribution is 2.48. The van der Waals surface area contributed by atoms with Gasteiger partial charge in [0.15, 0.2) is 0 Å². The third-order valence-electron chi connectivity index (χ3n) is 4.32. The van der Waals surface area contributed by atoms with E-state index in [-0.39, 0.29) is 23.0 Å². The molecule has 1 aromatic rings. The lowest BCUT2D eigenvalue weighted by Gasteiger charge is -2.41. The molecule has 0 unspecified atom stereocenters. The fraction of sp³-hybridized carbons (Fsp3) is 0.562. The van der Waals surface area contributed by atoms with Crippen LogP contribution in [0.4, 0.5) is 4.79 Å². The van der Waals surface area contributed by atoms with Crippen LogP contribution in [0.2, 0.25) is 0 Å². The lowest BCUT2D eigenvalue weighted by atomic mass is 9.82. The molecule has 2 aliphatic rings. The molecule has 3 rings (SSSR count). The van der Waals surface area contributed by atoms with Crippen LogP contribution in [0.5, 0.6) is 0 Å². The predicted molar refractivity (Wildman–Crippen MR) is 81.0 cm³/mol. The second kappa shape index (κ2) is 5.68. The summed E-state index contributed by atoms with van der Waals surface area (Å²) in [5.74, 6) is 0. The van der Waals surface area contributed by atoms with Gasteiger partial charge in [-0.05, 0) is 31.9 Å². The Morgan fingerprint density at radius 2 is 1.90 bits per heavy atom. The molecule has 1 amide bonds. The molecular formula is C16H21NO2S. The van der Waals surface area contributed by atoms with E-state index in [2.05, 4.69) is 36.5 Å². The monoisotopic (exact) mass is 291 g/mol. The molecule has 0 aromatic heterocycles. The Labute approximate surface area is 124 Å². The van der Waals surface area contributed by atoms with Gasteiger partial charge in [-0.15, -0.1) is 11.8 Å². The SMILES string of the molecule is C[C@@H]1NC(=O)O[C@@H]1C1(Sc2ccccc2)CCCCC1. The van der Waals surface area contributed by atoms with E-state index in [0.717, 1.165) is 12.8 Å². The van der Waals surface area contributed by atoms with Gasteiger partial charge in [-0.1, -0.05) is 37.5 Å². The minimum Gasteiger partial charge on any atom is -0.443 e. The fourth-order valence-corrected chi connectivity index (χ4v) is 5.02. The lowest BCUT2D eigenvalue weighted by molar-refractivity contribution is 0.0927. The molecule has 1 heterocycles. The van der Waals surface area contributed by atoms with Crippen LogP contribution in [0.3, 0.4) is 0 Å². The maximum atomic E-state index is 11.6. The average molecular weight is 291 g/mol. The van der Waals surface area contributed by atoms with Crippen molar-refractivity contribution in [2.75, 3.05) is 0 Å². The third kappa shape index (κ3) is 2.66. The first kappa shape index (κ1) is 13.8. The topological polar surface area (TPSA) is 38.3 Å². The second-order valence-electron chi connectivity index (χ2n) is 5.80. The highest BCUT2D eigenvalue weighted by molar-refractivity contribution is 8.00. The summed E-state index contributed by atoms with van der Waals surface area (Å²) in [7, 11) is 0. The molecule has 1 aromatic carbocycles. The molecule has 0 radical (unpaired) electrons. The van der Waals surface area contributed by atoms with Crippen LogP contribution in [0.1, 0.15) is 39.0 Å². The molecular weight excluding hydrogens is 270 g/mol. The van der Waals surface area contributed by atoms with Gasteiger partial charge in [0, 0.05) is 4.90 Å². The maximum Gasteiger partial charge on any atom is 0.407 e. The lowest BCUT2D eigenvalue weighted by Crippen LogP contribution is -2.47. The van der Waals surface area contributed by atoms with Crippen LogP contribution in [0.15, 0.2) is 35.2 Å². The van der Waals surface area contributed by atoms with Crippen molar-refractivity contribution in [3.63, 3.8) is 0 Å². The molecule has 3 nitrogen and oxygen atoms in total. The first-order valence-electron chi connectivity index (χ1n) is 7.41. The van der Waals surface area contributed by atoms with Crippen LogP contribution in [0, 0.1) is 0 Å². The first-order chi connectivity index (χ1) is 9.70. The van der Waals surface area contributed by atoms with Crippen LogP contribution >= 0.6 is 11.8 Å². The number of thioether (sulfide) groups is 1. The van der Waals surface area contributed by atoms with Crippen molar-refractivity contribution < 1.29 is 9.53 Å². The number of rotatable bonds is 3. The van der Waals surface area contributed by atoms with Crippen molar-refractivity contribution in [2.24, 2.45) is 0 Å². The Morgan fingerprint density at radius 3 is 2.50 bits per heavy atom. The minimum atomic E-state index is -0.263. The Balaban J connectivity index is 1.86. The number of benzene rings is 1. The summed E-state index contributed by atoms with van der Waals surface area (Å²) >= 11 is 1.90. The molecule has 0 bridgehead atoms. The van der Waals surface area contributed by atoms with Gasteiger partial charge in [-0.25, -0.2) is 4.79 Å². The van der Waals surface area contributed by atoms with Gasteiger partial charge in [0.05, 0.1) is 10.8 Å². The number of hydrogen-bond acceptors (Lipinski definition) is 3. The average Bonchev–Trinajstić information content (AvgIpc) is 2.80. The summed E-state index contributed by atoms with van der Waals surface area (Å²) in [6.07, 6.45) is 5.69. The van der Waals surface area contributed by atoms with E-state index in [1.807, 2.05) is 17.8 Å². The largest absolute Gasteiger partial charge is 0.443 e. The number of hydrogen-bond donors (Lipinski definition) is 1. The Morgan fingerprint density at radius 1 is 1.20 bits per heavy atom. The van der Waals surface area contributed by atoms with E-state index in [9.17, 15) is 4.79 Å². The molecule has 108 valence electrons. The minimum absolute atomic E-state index is 0.0260. The summed E-state index contributed by atoms with van der Waals surface area (Å²) in [4.78, 5) is 12.8. The highest BCUT2D eigenvalue weighted by atomic mass is 32.2. The van der Waals surface area contributed by atoms with Crippen molar-refractivity contribution in [2.45, 2.75) is 60.8 Å². The van der Waals surface area contributed by atoms with Crippen molar-refractivity contribution in [1.29, 1.82) is 0 Å². The second-order valence-corrected chi connectivity index (χ2v) is 7.29. The predicted octanol–water partition coefficient (Wildman–Crippen LogP) is 3.98. The van der Waals surface area contributed by atoms with E-state index in [1.54, 1.807) is 0 Å². The van der Waals surface area contributed by atoms with Gasteiger partial charge in [-0.3, -0.25) is 0 Å². The molecule has 1 saturated heterocycles. The van der Waals surface area contributed by atoms with Crippen molar-refractivity contribution in [3.05, 3.63) is 30.3 Å². The van der Waals surface area contributed by atoms with Crippen molar-refractivity contribution in [1.82, 2.24) is 5.32 Å². The highest BCUT2D eigenvalue weighted by Gasteiger charge is 2.49. The summed E-state index contributed by atoms with van der Waals surface area (Å²) in [6.45, 7) is 2.05. The van der Waals surface area contributed by atoms with Gasteiger partial charge >= 0.3 is 6.09 Å². The Bertz CT molecular complexity index is 471. The van der Waals surface area contributed by atoms with E-state index in [1.165, 1.54) is 24.2 Å². The number of nitrogens with one attached hydrogen (secondary N) is 1. The molecule has 1 aliphatic carbocycles. The molecule has 4 heteroatoms. The molecule has 1 N–H and O–H groups in total. The zero-order chi connectivity index (χ0) is 14.0. The van der Waals surface area contributed by atoms with Gasteiger partial charge in [0.1, 0.15) is 6.10 Å². The van der Waals surface area contributed by atoms with Gasteiger partial charge < -0.3 is 10.1 Å². The standard InChI is InChI=1S/C16H21NO2S/c1-12-14(19-15(18)17-12)16(10-6-3-7-11-16)20-13-8-4-2-5-9-13/h2,4-5,8-9,12,14H,3,6-7,10-11H2,1H3,(H,17,18)/t12-,14-/m0/s1. The number of carbonyl (C=O) groups excluding carboxylic acids is 1. The zero-order valence-corrected chi connectivity index (χ0v) is 12.6. The van der Waals surface area contributed by atoms with E-state index >= 15 is 0 Å². The van der Waals surface area contributed by atoms with E-state index in [0.29, 0.717) is 0 Å². The van der Waals surface area contributed by atoms with Crippen molar-refractivity contribution >= 4 is 17.9 Å². The van der Waals surface area contributed by atoms with Crippen molar-refractivity contribution in [3.8, 4) is 0 Å². The van der Waals surface area contributed by atoms with Gasteiger partial charge in [0.2, 0.25) is 0 Å². The van der Waals surface area contributed by atoms with Gasteiger partial charge in [-0.2, -0.15) is 0 Å². The maximum absolute atomic E-state index is 11.6. The summed E-state index contributed by atoms with van der Waals surface area (Å²) < 4.78 is 5.64. The molecule has 1 aliphatic heterocycles. The number of alkyl carbamates (subject to hydrolysis) is 1. The molecule has 20 heavy (non-hydrogen) atoms. The van der Waals surface area contributed by atoms with Crippen LogP contribution in [0.25, 0.3) is 0 Å². The summed E-state index contributed by atoms with van der Waals surface area (Å²) in [5.41, 5.74) is 0.